The molecule has 0 bridgehead atoms. The number of carbonyl (C=O) groups excluding carboxylic acids is 1. The highest BCUT2D eigenvalue weighted by atomic mass is 32.1. The molecule has 0 aromatic heterocycles. The van der Waals surface area contributed by atoms with Crippen molar-refractivity contribution >= 4 is 18.6 Å². The standard InChI is InChI=1S/C15H30O2S/c1-4-7-10-15(13-18,11-8-5-2)14(16)17-12-9-6-3/h18H,4-13H2,1-3H3. The first kappa shape index (κ1) is 17.8. The Hall–Kier alpha value is -0.180. The number of thiol groups is 1. The molecule has 0 saturated heterocycles. The van der Waals surface area contributed by atoms with Crippen LogP contribution in [-0.2, 0) is 9.53 Å². The third-order valence-corrected chi connectivity index (χ3v) is 4.09. The molecule has 0 aliphatic carbocycles. The summed E-state index contributed by atoms with van der Waals surface area (Å²) in [5.41, 5.74) is -0.344. The van der Waals surface area contributed by atoms with Gasteiger partial charge < -0.3 is 4.74 Å². The summed E-state index contributed by atoms with van der Waals surface area (Å²) >= 11 is 4.43. The Bertz CT molecular complexity index is 209. The average molecular weight is 274 g/mol. The monoisotopic (exact) mass is 274 g/mol. The third kappa shape index (κ3) is 6.12. The molecule has 0 rings (SSSR count). The Morgan fingerprint density at radius 2 is 1.50 bits per heavy atom. The number of ether oxygens (including phenoxy) is 1. The molecule has 3 heteroatoms. The van der Waals surface area contributed by atoms with Crippen molar-refractivity contribution in [3.05, 3.63) is 0 Å². The van der Waals surface area contributed by atoms with Crippen LogP contribution in [0.3, 0.4) is 0 Å². The summed E-state index contributed by atoms with van der Waals surface area (Å²) in [6.45, 7) is 6.98. The van der Waals surface area contributed by atoms with Crippen LogP contribution in [0.15, 0.2) is 0 Å². The molecule has 0 N–H and O–H groups in total. The molecule has 0 spiro atoms. The SMILES string of the molecule is CCCCOC(=O)C(CS)(CCCC)CCCC. The first-order valence-electron chi connectivity index (χ1n) is 7.45. The van der Waals surface area contributed by atoms with Crippen molar-refractivity contribution in [2.45, 2.75) is 72.1 Å². The van der Waals surface area contributed by atoms with Crippen molar-refractivity contribution in [1.82, 2.24) is 0 Å². The van der Waals surface area contributed by atoms with E-state index in [2.05, 4.69) is 33.4 Å². The third-order valence-electron chi connectivity index (χ3n) is 3.48. The van der Waals surface area contributed by atoms with Crippen molar-refractivity contribution in [1.29, 1.82) is 0 Å². The molecule has 0 heterocycles. The van der Waals surface area contributed by atoms with Gasteiger partial charge in [0, 0.05) is 5.75 Å². The van der Waals surface area contributed by atoms with E-state index in [1.165, 1.54) is 0 Å². The summed E-state index contributed by atoms with van der Waals surface area (Å²) in [6, 6.07) is 0. The minimum atomic E-state index is -0.344. The minimum absolute atomic E-state index is 0.0205. The van der Waals surface area contributed by atoms with E-state index < -0.39 is 0 Å². The lowest BCUT2D eigenvalue weighted by Gasteiger charge is -2.30. The van der Waals surface area contributed by atoms with Crippen LogP contribution in [0.5, 0.6) is 0 Å². The summed E-state index contributed by atoms with van der Waals surface area (Å²) in [5.74, 6) is 0.589. The Balaban J connectivity index is 4.52. The number of esters is 1. The van der Waals surface area contributed by atoms with Gasteiger partial charge in [-0.2, -0.15) is 12.6 Å². The van der Waals surface area contributed by atoms with Crippen LogP contribution >= 0.6 is 12.6 Å². The Morgan fingerprint density at radius 1 is 1.00 bits per heavy atom. The van der Waals surface area contributed by atoms with Crippen LogP contribution in [-0.4, -0.2) is 18.3 Å². The van der Waals surface area contributed by atoms with E-state index in [1.54, 1.807) is 0 Å². The molecule has 0 amide bonds. The molecule has 0 fully saturated rings. The molecule has 0 aromatic rings. The van der Waals surface area contributed by atoms with Crippen molar-refractivity contribution < 1.29 is 9.53 Å². The lowest BCUT2D eigenvalue weighted by molar-refractivity contribution is -0.155. The van der Waals surface area contributed by atoms with Crippen LogP contribution < -0.4 is 0 Å². The van der Waals surface area contributed by atoms with E-state index in [4.69, 9.17) is 4.74 Å². The molecule has 0 aliphatic heterocycles. The molecule has 0 atom stereocenters. The first-order chi connectivity index (χ1) is 8.66. The summed E-state index contributed by atoms with van der Waals surface area (Å²) in [4.78, 5) is 12.3. The Morgan fingerprint density at radius 3 is 1.89 bits per heavy atom. The van der Waals surface area contributed by atoms with Gasteiger partial charge in [0.15, 0.2) is 0 Å². The quantitative estimate of drug-likeness (QED) is 0.338. The predicted molar refractivity (Wildman–Crippen MR) is 81.2 cm³/mol. The van der Waals surface area contributed by atoms with Crippen molar-refractivity contribution in [2.75, 3.05) is 12.4 Å². The largest absolute Gasteiger partial charge is 0.465 e. The van der Waals surface area contributed by atoms with Gasteiger partial charge in [-0.15, -0.1) is 0 Å². The normalized spacial score (nSPS) is 11.6. The maximum Gasteiger partial charge on any atom is 0.312 e. The predicted octanol–water partition coefficient (Wildman–Crippen LogP) is 4.63. The van der Waals surface area contributed by atoms with E-state index in [9.17, 15) is 4.79 Å². The van der Waals surface area contributed by atoms with Crippen LogP contribution in [0.2, 0.25) is 0 Å². The second-order valence-corrected chi connectivity index (χ2v) is 5.45. The van der Waals surface area contributed by atoms with E-state index in [-0.39, 0.29) is 11.4 Å². The van der Waals surface area contributed by atoms with Crippen LogP contribution in [0.1, 0.15) is 72.1 Å². The molecular formula is C15H30O2S. The van der Waals surface area contributed by atoms with Gasteiger partial charge in [-0.1, -0.05) is 52.9 Å². The molecule has 0 unspecified atom stereocenters. The molecule has 18 heavy (non-hydrogen) atoms. The Labute approximate surface area is 118 Å². The number of carbonyl (C=O) groups is 1. The topological polar surface area (TPSA) is 26.3 Å². The second kappa shape index (κ2) is 10.7. The molecule has 0 radical (unpaired) electrons. The average Bonchev–Trinajstić information content (AvgIpc) is 2.40. The van der Waals surface area contributed by atoms with Crippen molar-refractivity contribution in [3.63, 3.8) is 0 Å². The minimum Gasteiger partial charge on any atom is -0.465 e. The maximum atomic E-state index is 12.3. The zero-order chi connectivity index (χ0) is 13.9. The summed E-state index contributed by atoms with van der Waals surface area (Å²) in [7, 11) is 0. The van der Waals surface area contributed by atoms with Gasteiger partial charge in [0.2, 0.25) is 0 Å². The van der Waals surface area contributed by atoms with E-state index >= 15 is 0 Å². The maximum absolute atomic E-state index is 12.3. The van der Waals surface area contributed by atoms with E-state index in [0.29, 0.717) is 12.4 Å². The Kier molecular flexibility index (Phi) is 10.6. The van der Waals surface area contributed by atoms with Crippen molar-refractivity contribution in [3.8, 4) is 0 Å². The fourth-order valence-electron chi connectivity index (χ4n) is 2.04. The van der Waals surface area contributed by atoms with Gasteiger partial charge in [-0.3, -0.25) is 4.79 Å². The van der Waals surface area contributed by atoms with Gasteiger partial charge in [-0.05, 0) is 19.3 Å². The lowest BCUT2D eigenvalue weighted by Crippen LogP contribution is -2.35. The molecular weight excluding hydrogens is 244 g/mol. The van der Waals surface area contributed by atoms with Gasteiger partial charge in [0.05, 0.1) is 12.0 Å². The fraction of sp³-hybridized carbons (Fsp3) is 0.933. The van der Waals surface area contributed by atoms with Gasteiger partial charge in [-0.25, -0.2) is 0 Å². The molecule has 0 saturated carbocycles. The first-order valence-corrected chi connectivity index (χ1v) is 8.08. The zero-order valence-electron chi connectivity index (χ0n) is 12.3. The molecule has 0 aliphatic rings. The molecule has 2 nitrogen and oxygen atoms in total. The van der Waals surface area contributed by atoms with Crippen LogP contribution in [0.25, 0.3) is 0 Å². The van der Waals surface area contributed by atoms with Gasteiger partial charge in [0.25, 0.3) is 0 Å². The highest BCUT2D eigenvalue weighted by molar-refractivity contribution is 7.80. The van der Waals surface area contributed by atoms with Gasteiger partial charge in [0.1, 0.15) is 0 Å². The zero-order valence-corrected chi connectivity index (χ0v) is 13.2. The van der Waals surface area contributed by atoms with E-state index in [0.717, 1.165) is 51.4 Å². The number of unbranched alkanes of at least 4 members (excludes halogenated alkanes) is 3. The van der Waals surface area contributed by atoms with Gasteiger partial charge >= 0.3 is 5.97 Å². The number of hydrogen-bond acceptors (Lipinski definition) is 3. The molecule has 0 aromatic carbocycles. The fourth-order valence-corrected chi connectivity index (χ4v) is 2.49. The molecule has 108 valence electrons. The van der Waals surface area contributed by atoms with Crippen molar-refractivity contribution in [2.24, 2.45) is 5.41 Å². The number of hydrogen-bond donors (Lipinski definition) is 1. The smallest absolute Gasteiger partial charge is 0.312 e. The lowest BCUT2D eigenvalue weighted by atomic mass is 9.80. The highest BCUT2D eigenvalue weighted by Gasteiger charge is 2.37. The van der Waals surface area contributed by atoms with Crippen LogP contribution in [0, 0.1) is 5.41 Å². The summed E-state index contributed by atoms with van der Waals surface area (Å²) < 4.78 is 5.45. The highest BCUT2D eigenvalue weighted by Crippen LogP contribution is 2.34. The summed E-state index contributed by atoms with van der Waals surface area (Å²) in [6.07, 6.45) is 8.23. The van der Waals surface area contributed by atoms with E-state index in [1.807, 2.05) is 0 Å². The van der Waals surface area contributed by atoms with Crippen LogP contribution in [0.4, 0.5) is 0 Å². The summed E-state index contributed by atoms with van der Waals surface area (Å²) in [5, 5.41) is 0. The number of rotatable bonds is 11. The second-order valence-electron chi connectivity index (χ2n) is 5.14.